The zero-order valence-corrected chi connectivity index (χ0v) is 18.4. The van der Waals surface area contributed by atoms with Crippen LogP contribution >= 0.6 is 11.6 Å². The van der Waals surface area contributed by atoms with Crippen LogP contribution in [-0.2, 0) is 11.3 Å². The molecule has 4 aromatic rings. The highest BCUT2D eigenvalue weighted by atomic mass is 35.5. The van der Waals surface area contributed by atoms with Gasteiger partial charge in [0.2, 0.25) is 0 Å². The summed E-state index contributed by atoms with van der Waals surface area (Å²) < 4.78 is 28.9. The van der Waals surface area contributed by atoms with E-state index >= 15 is 0 Å². The molecule has 0 unspecified atom stereocenters. The van der Waals surface area contributed by atoms with Gasteiger partial charge in [0, 0.05) is 36.0 Å². The first-order chi connectivity index (χ1) is 15.9. The lowest BCUT2D eigenvalue weighted by Gasteiger charge is -2.05. The maximum absolute atomic E-state index is 14.1. The number of hydrogen-bond donors (Lipinski definition) is 1. The van der Waals surface area contributed by atoms with Crippen molar-refractivity contribution in [2.45, 2.75) is 38.6 Å². The van der Waals surface area contributed by atoms with Gasteiger partial charge in [-0.2, -0.15) is 5.10 Å². The summed E-state index contributed by atoms with van der Waals surface area (Å²) in [4.78, 5) is 22.6. The normalized spacial score (nSPS) is 13.0. The number of rotatable bonds is 5. The summed E-state index contributed by atoms with van der Waals surface area (Å²) >= 11 is 6.35. The standard InChI is InChI=1S/C20H14ClF2N5.C3H6O2/c21-18-15(11-3-4-11)9-25-19(26-18)17-14-2-1-7-24-20(14)28(27-17)10-12-5-6-13(22)8-16(12)23;1-2-3(4)5/h1-2,5-9,11H,3-4,10H2;2H2,1H3,(H,4,5). The Bertz CT molecular complexity index is 1320. The van der Waals surface area contributed by atoms with Crippen LogP contribution in [0.5, 0.6) is 0 Å². The number of carboxylic acid groups (broad SMARTS) is 1. The van der Waals surface area contributed by atoms with E-state index < -0.39 is 17.6 Å². The van der Waals surface area contributed by atoms with Gasteiger partial charge in [-0.3, -0.25) is 4.79 Å². The van der Waals surface area contributed by atoms with Crippen LogP contribution in [0.25, 0.3) is 22.6 Å². The Kier molecular flexibility index (Phi) is 6.60. The Labute approximate surface area is 193 Å². The van der Waals surface area contributed by atoms with Crippen molar-refractivity contribution < 1.29 is 18.7 Å². The second-order valence-corrected chi connectivity index (χ2v) is 7.94. The number of pyridine rings is 1. The number of nitrogens with zero attached hydrogens (tertiary/aromatic N) is 5. The number of benzene rings is 1. The van der Waals surface area contributed by atoms with Gasteiger partial charge >= 0.3 is 5.97 Å². The largest absolute Gasteiger partial charge is 0.481 e. The quantitative estimate of drug-likeness (QED) is 0.401. The average molecular weight is 472 g/mol. The van der Waals surface area contributed by atoms with E-state index in [-0.39, 0.29) is 13.0 Å². The van der Waals surface area contributed by atoms with E-state index in [2.05, 4.69) is 20.1 Å². The zero-order chi connectivity index (χ0) is 23.5. The third kappa shape index (κ3) is 5.14. The van der Waals surface area contributed by atoms with Crippen molar-refractivity contribution in [3.8, 4) is 11.5 Å². The van der Waals surface area contributed by atoms with Crippen molar-refractivity contribution in [1.29, 1.82) is 0 Å². The molecule has 1 fully saturated rings. The summed E-state index contributed by atoms with van der Waals surface area (Å²) in [6.07, 6.45) is 5.82. The molecule has 3 heterocycles. The first kappa shape index (κ1) is 22.7. The maximum atomic E-state index is 14.1. The van der Waals surface area contributed by atoms with Crippen LogP contribution in [0.4, 0.5) is 8.78 Å². The number of aliphatic carboxylic acids is 1. The smallest absolute Gasteiger partial charge is 0.303 e. The van der Waals surface area contributed by atoms with Gasteiger partial charge in [0.15, 0.2) is 11.5 Å². The fraction of sp³-hybridized carbons (Fsp3) is 0.261. The lowest BCUT2D eigenvalue weighted by Crippen LogP contribution is -2.05. The molecule has 1 saturated carbocycles. The highest BCUT2D eigenvalue weighted by molar-refractivity contribution is 6.30. The molecule has 7 nitrogen and oxygen atoms in total. The van der Waals surface area contributed by atoms with Gasteiger partial charge in [-0.25, -0.2) is 28.4 Å². The minimum Gasteiger partial charge on any atom is -0.481 e. The van der Waals surface area contributed by atoms with Crippen LogP contribution < -0.4 is 0 Å². The predicted octanol–water partition coefficient (Wildman–Crippen LogP) is 5.23. The molecule has 0 radical (unpaired) electrons. The minimum atomic E-state index is -0.745. The SMILES string of the molecule is CCC(=O)O.Fc1ccc(Cn2nc(-c3ncc(C4CC4)c(Cl)n3)c3cccnc32)c(F)c1. The molecule has 0 saturated heterocycles. The number of hydrogen-bond acceptors (Lipinski definition) is 5. The monoisotopic (exact) mass is 471 g/mol. The maximum Gasteiger partial charge on any atom is 0.303 e. The van der Waals surface area contributed by atoms with Crippen molar-refractivity contribution in [3.05, 3.63) is 70.6 Å². The van der Waals surface area contributed by atoms with Crippen molar-refractivity contribution in [3.63, 3.8) is 0 Å². The molecule has 170 valence electrons. The number of halogens is 3. The summed E-state index contributed by atoms with van der Waals surface area (Å²) in [5, 5.41) is 13.5. The molecule has 0 amide bonds. The molecule has 0 atom stereocenters. The number of fused-ring (bicyclic) bond motifs is 1. The average Bonchev–Trinajstić information content (AvgIpc) is 3.57. The van der Waals surface area contributed by atoms with Crippen LogP contribution in [0.3, 0.4) is 0 Å². The van der Waals surface area contributed by atoms with Gasteiger partial charge < -0.3 is 5.11 Å². The lowest BCUT2D eigenvalue weighted by molar-refractivity contribution is -0.136. The van der Waals surface area contributed by atoms with E-state index in [1.807, 2.05) is 6.07 Å². The highest BCUT2D eigenvalue weighted by Crippen LogP contribution is 2.42. The Balaban J connectivity index is 0.000000471. The van der Waals surface area contributed by atoms with Crippen LogP contribution in [0, 0.1) is 11.6 Å². The molecular weight excluding hydrogens is 452 g/mol. The van der Waals surface area contributed by atoms with Crippen molar-refractivity contribution in [1.82, 2.24) is 24.7 Å². The molecule has 1 aromatic carbocycles. The highest BCUT2D eigenvalue weighted by Gasteiger charge is 2.27. The molecule has 0 bridgehead atoms. The summed E-state index contributed by atoms with van der Waals surface area (Å²) in [6.45, 7) is 1.70. The summed E-state index contributed by atoms with van der Waals surface area (Å²) in [6, 6.07) is 7.12. The Morgan fingerprint density at radius 3 is 2.64 bits per heavy atom. The van der Waals surface area contributed by atoms with Gasteiger partial charge in [-0.1, -0.05) is 24.6 Å². The van der Waals surface area contributed by atoms with E-state index in [0.717, 1.165) is 29.9 Å². The van der Waals surface area contributed by atoms with Gasteiger partial charge in [0.25, 0.3) is 0 Å². The topological polar surface area (TPSA) is 93.8 Å². The van der Waals surface area contributed by atoms with Crippen LogP contribution in [0.2, 0.25) is 5.15 Å². The molecule has 10 heteroatoms. The predicted molar refractivity (Wildman–Crippen MR) is 119 cm³/mol. The number of carboxylic acids is 1. The van der Waals surface area contributed by atoms with E-state index in [0.29, 0.717) is 33.8 Å². The van der Waals surface area contributed by atoms with Gasteiger partial charge in [0.1, 0.15) is 22.5 Å². The fourth-order valence-corrected chi connectivity index (χ4v) is 3.53. The van der Waals surface area contributed by atoms with Gasteiger partial charge in [-0.15, -0.1) is 0 Å². The Morgan fingerprint density at radius 2 is 2.00 bits per heavy atom. The summed E-state index contributed by atoms with van der Waals surface area (Å²) in [5.74, 6) is -1.16. The molecule has 0 spiro atoms. The van der Waals surface area contributed by atoms with E-state index in [1.54, 1.807) is 30.1 Å². The van der Waals surface area contributed by atoms with Crippen LogP contribution in [0.1, 0.15) is 43.2 Å². The summed E-state index contributed by atoms with van der Waals surface area (Å²) in [7, 11) is 0. The molecule has 1 aliphatic rings. The molecule has 1 aliphatic carbocycles. The van der Waals surface area contributed by atoms with Crippen molar-refractivity contribution in [2.75, 3.05) is 0 Å². The molecule has 33 heavy (non-hydrogen) atoms. The second kappa shape index (κ2) is 9.58. The fourth-order valence-electron chi connectivity index (χ4n) is 3.25. The number of carbonyl (C=O) groups is 1. The molecule has 1 N–H and O–H groups in total. The van der Waals surface area contributed by atoms with E-state index in [9.17, 15) is 13.6 Å². The first-order valence-electron chi connectivity index (χ1n) is 10.4. The third-order valence-corrected chi connectivity index (χ3v) is 5.44. The third-order valence-electron chi connectivity index (χ3n) is 5.14. The van der Waals surface area contributed by atoms with Crippen LogP contribution in [-0.4, -0.2) is 35.8 Å². The van der Waals surface area contributed by atoms with Crippen LogP contribution in [0.15, 0.2) is 42.7 Å². The van der Waals surface area contributed by atoms with Crippen molar-refractivity contribution >= 4 is 28.6 Å². The minimum absolute atomic E-state index is 0.105. The van der Waals surface area contributed by atoms with Crippen molar-refractivity contribution in [2.24, 2.45) is 0 Å². The molecular formula is C23H20ClF2N5O2. The Hall–Kier alpha value is -3.46. The summed E-state index contributed by atoms with van der Waals surface area (Å²) in [5.41, 5.74) is 2.36. The zero-order valence-electron chi connectivity index (χ0n) is 17.7. The first-order valence-corrected chi connectivity index (χ1v) is 10.7. The van der Waals surface area contributed by atoms with E-state index in [4.69, 9.17) is 16.7 Å². The van der Waals surface area contributed by atoms with Gasteiger partial charge in [-0.05, 0) is 37.0 Å². The molecule has 3 aromatic heterocycles. The molecule has 5 rings (SSSR count). The number of aromatic nitrogens is 5. The van der Waals surface area contributed by atoms with E-state index in [1.165, 1.54) is 12.1 Å². The van der Waals surface area contributed by atoms with Gasteiger partial charge in [0.05, 0.1) is 11.9 Å². The second-order valence-electron chi connectivity index (χ2n) is 7.58. The molecule has 0 aliphatic heterocycles. The lowest BCUT2D eigenvalue weighted by atomic mass is 10.2. The Morgan fingerprint density at radius 1 is 1.24 bits per heavy atom.